The smallest absolute Gasteiger partial charge is 0.187 e. The fourth-order valence-corrected chi connectivity index (χ4v) is 0.571. The minimum absolute atomic E-state index is 1.80. The Hall–Kier alpha value is 0.230. The van der Waals surface area contributed by atoms with Crippen molar-refractivity contribution in [1.29, 1.82) is 0 Å². The maximum absolute atomic E-state index is 11.8. The Balaban J connectivity index is 3.99. The second-order valence-electron chi connectivity index (χ2n) is 1.83. The molecule has 0 spiro atoms. The first-order chi connectivity index (χ1) is 4.63. The molecule has 1 unspecified atom stereocenters. The van der Waals surface area contributed by atoms with Crippen LogP contribution in [0.25, 0.3) is 0 Å². The molecule has 68 valence electrons. The van der Waals surface area contributed by atoms with Crippen LogP contribution in [0.2, 0.25) is 0 Å². The Labute approximate surface area is 69.3 Å². The van der Waals surface area contributed by atoms with Gasteiger partial charge in [0.2, 0.25) is 0 Å². The largest absolute Gasteiger partial charge is 0.390 e. The van der Waals surface area contributed by atoms with E-state index in [2.05, 4.69) is 23.2 Å². The van der Waals surface area contributed by atoms with Gasteiger partial charge in [-0.05, 0) is 11.6 Å². The Kier molecular flexibility index (Phi) is 3.38. The molecule has 7 heteroatoms. The molecule has 0 aromatic rings. The van der Waals surface area contributed by atoms with Crippen molar-refractivity contribution in [2.75, 3.05) is 0 Å². The topological polar surface area (TPSA) is 0 Å². The summed E-state index contributed by atoms with van der Waals surface area (Å²) in [6.07, 6.45) is -6.52. The van der Waals surface area contributed by atoms with Crippen molar-refractivity contribution in [1.82, 2.24) is 0 Å². The average Bonchev–Trinajstić information content (AvgIpc) is 1.56. The lowest BCUT2D eigenvalue weighted by molar-refractivity contribution is -0.142. The van der Waals surface area contributed by atoms with Gasteiger partial charge < -0.3 is 0 Å². The van der Waals surface area contributed by atoms with Crippen molar-refractivity contribution in [2.24, 2.45) is 0 Å². The van der Waals surface area contributed by atoms with E-state index in [-0.39, 0.29) is 0 Å². The van der Waals surface area contributed by atoms with E-state index in [1.807, 2.05) is 0 Å². The molecule has 0 fully saturated rings. The summed E-state index contributed by atoms with van der Waals surface area (Å²) in [6.45, 7) is 0. The molecule has 0 heterocycles. The molecule has 0 aliphatic heterocycles. The predicted molar refractivity (Wildman–Crippen MR) is 31.1 cm³/mol. The molecule has 0 aromatic heterocycles. The molecular formula is C4H3Cl2F5. The molecule has 0 rings (SSSR count). The van der Waals surface area contributed by atoms with Gasteiger partial charge in [-0.15, -0.1) is 11.6 Å². The molecule has 0 saturated heterocycles. The summed E-state index contributed by atoms with van der Waals surface area (Å²) in [5.74, 6) is 0. The van der Waals surface area contributed by atoms with Crippen LogP contribution < -0.4 is 0 Å². The average molecular weight is 217 g/mol. The third-order valence-electron chi connectivity index (χ3n) is 0.766. The maximum Gasteiger partial charge on any atom is 0.390 e. The van der Waals surface area contributed by atoms with Crippen molar-refractivity contribution in [3.05, 3.63) is 0 Å². The van der Waals surface area contributed by atoms with Crippen molar-refractivity contribution < 1.29 is 22.0 Å². The van der Waals surface area contributed by atoms with Crippen LogP contribution in [0.5, 0.6) is 0 Å². The molecule has 0 aliphatic carbocycles. The third-order valence-corrected chi connectivity index (χ3v) is 1.57. The van der Waals surface area contributed by atoms with E-state index in [0.29, 0.717) is 0 Å². The lowest BCUT2D eigenvalue weighted by Gasteiger charge is -2.16. The monoisotopic (exact) mass is 216 g/mol. The van der Waals surface area contributed by atoms with Crippen LogP contribution in [-0.2, 0) is 0 Å². The Morgan fingerprint density at radius 3 is 1.55 bits per heavy atom. The zero-order chi connectivity index (χ0) is 9.28. The van der Waals surface area contributed by atoms with Gasteiger partial charge >= 0.3 is 11.6 Å². The normalized spacial score (nSPS) is 16.6. The van der Waals surface area contributed by atoms with Gasteiger partial charge in [-0.1, -0.05) is 0 Å². The second kappa shape index (κ2) is 3.31. The third kappa shape index (κ3) is 5.49. The fourth-order valence-electron chi connectivity index (χ4n) is 0.319. The zero-order valence-electron chi connectivity index (χ0n) is 4.93. The van der Waals surface area contributed by atoms with Crippen molar-refractivity contribution in [3.63, 3.8) is 0 Å². The number of halogens is 7. The van der Waals surface area contributed by atoms with Gasteiger partial charge in [0.05, 0.1) is 6.42 Å². The van der Waals surface area contributed by atoms with Gasteiger partial charge in [0.15, 0.2) is 0 Å². The van der Waals surface area contributed by atoms with E-state index in [9.17, 15) is 22.0 Å². The standard InChI is InChI=1S/C4H3Cl2F5/c5-2(4(6,10)11)1-3(7,8)9/h2H,1H2. The van der Waals surface area contributed by atoms with Crippen LogP contribution in [0, 0.1) is 0 Å². The molecule has 0 bridgehead atoms. The van der Waals surface area contributed by atoms with Crippen molar-refractivity contribution >= 4 is 23.2 Å². The van der Waals surface area contributed by atoms with Crippen LogP contribution in [0.3, 0.4) is 0 Å². The van der Waals surface area contributed by atoms with Gasteiger partial charge in [-0.25, -0.2) is 0 Å². The molecule has 0 aliphatic rings. The maximum atomic E-state index is 11.8. The first-order valence-corrected chi connectivity index (χ1v) is 3.22. The quantitative estimate of drug-likeness (QED) is 0.491. The summed E-state index contributed by atoms with van der Waals surface area (Å²) >= 11 is 8.86. The van der Waals surface area contributed by atoms with Gasteiger partial charge in [0, 0.05) is 0 Å². The molecule has 0 nitrogen and oxygen atoms in total. The molecule has 0 aromatic carbocycles. The lowest BCUT2D eigenvalue weighted by atomic mass is 10.3. The van der Waals surface area contributed by atoms with Crippen LogP contribution in [0.15, 0.2) is 0 Å². The molecule has 11 heavy (non-hydrogen) atoms. The highest BCUT2D eigenvalue weighted by Crippen LogP contribution is 2.35. The number of hydrogen-bond acceptors (Lipinski definition) is 0. The molecule has 0 saturated carbocycles. The first-order valence-electron chi connectivity index (χ1n) is 2.40. The van der Waals surface area contributed by atoms with Gasteiger partial charge in [0.25, 0.3) is 0 Å². The van der Waals surface area contributed by atoms with Crippen LogP contribution in [-0.4, -0.2) is 16.9 Å². The second-order valence-corrected chi connectivity index (χ2v) is 2.86. The zero-order valence-corrected chi connectivity index (χ0v) is 6.44. The summed E-state index contributed by atoms with van der Waals surface area (Å²) in [4.78, 5) is 0. The Morgan fingerprint density at radius 2 is 1.45 bits per heavy atom. The minimum Gasteiger partial charge on any atom is -0.187 e. The van der Waals surface area contributed by atoms with Crippen LogP contribution in [0.1, 0.15) is 6.42 Å². The van der Waals surface area contributed by atoms with Crippen LogP contribution in [0.4, 0.5) is 22.0 Å². The van der Waals surface area contributed by atoms with Crippen molar-refractivity contribution in [2.45, 2.75) is 23.4 Å². The van der Waals surface area contributed by atoms with Gasteiger partial charge in [-0.3, -0.25) is 0 Å². The molecule has 0 amide bonds. The van der Waals surface area contributed by atoms with Gasteiger partial charge in [-0.2, -0.15) is 22.0 Å². The number of hydrogen-bond donors (Lipinski definition) is 0. The fraction of sp³-hybridized carbons (Fsp3) is 1.00. The summed E-state index contributed by atoms with van der Waals surface area (Å²) in [5, 5.41) is -6.43. The van der Waals surface area contributed by atoms with E-state index in [4.69, 9.17) is 0 Å². The SMILES string of the molecule is FC(F)(F)CC(Cl)C(F)(F)Cl. The Bertz CT molecular complexity index is 125. The molecule has 1 atom stereocenters. The van der Waals surface area contributed by atoms with Crippen molar-refractivity contribution in [3.8, 4) is 0 Å². The Morgan fingerprint density at radius 1 is 1.09 bits per heavy atom. The first kappa shape index (κ1) is 11.2. The van der Waals surface area contributed by atoms with Gasteiger partial charge in [0.1, 0.15) is 5.38 Å². The van der Waals surface area contributed by atoms with E-state index in [1.165, 1.54) is 0 Å². The predicted octanol–water partition coefficient (Wildman–Crippen LogP) is 3.38. The minimum atomic E-state index is -4.72. The summed E-state index contributed by atoms with van der Waals surface area (Å²) in [6, 6.07) is 0. The molecular weight excluding hydrogens is 214 g/mol. The highest BCUT2D eigenvalue weighted by molar-refractivity contribution is 6.30. The van der Waals surface area contributed by atoms with E-state index in [0.717, 1.165) is 0 Å². The van der Waals surface area contributed by atoms with Crippen LogP contribution >= 0.6 is 23.2 Å². The number of rotatable bonds is 2. The van der Waals surface area contributed by atoms with E-state index >= 15 is 0 Å². The summed E-state index contributed by atoms with van der Waals surface area (Å²) < 4.78 is 57.6. The summed E-state index contributed by atoms with van der Waals surface area (Å²) in [7, 11) is 0. The molecule has 0 radical (unpaired) electrons. The lowest BCUT2D eigenvalue weighted by Crippen LogP contribution is -2.27. The number of alkyl halides is 7. The molecule has 0 N–H and O–H groups in total. The van der Waals surface area contributed by atoms with E-state index < -0.39 is 23.4 Å². The highest BCUT2D eigenvalue weighted by atomic mass is 35.5. The highest BCUT2D eigenvalue weighted by Gasteiger charge is 2.43. The summed E-state index contributed by atoms with van der Waals surface area (Å²) in [5.41, 5.74) is 0. The van der Waals surface area contributed by atoms with E-state index in [1.54, 1.807) is 0 Å².